The van der Waals surface area contributed by atoms with Gasteiger partial charge in [0.2, 0.25) is 11.9 Å². The van der Waals surface area contributed by atoms with Gasteiger partial charge in [-0.3, -0.25) is 4.79 Å². The van der Waals surface area contributed by atoms with Crippen molar-refractivity contribution in [2.75, 3.05) is 30.1 Å². The Kier molecular flexibility index (Phi) is 7.47. The molecule has 0 unspecified atom stereocenters. The van der Waals surface area contributed by atoms with Crippen molar-refractivity contribution < 1.29 is 4.79 Å². The van der Waals surface area contributed by atoms with Crippen molar-refractivity contribution in [1.82, 2.24) is 15.3 Å². The third-order valence-corrected chi connectivity index (χ3v) is 6.78. The lowest BCUT2D eigenvalue weighted by molar-refractivity contribution is -0.119. The number of hydrogen-bond acceptors (Lipinski definition) is 6. The number of hydrogen-bond donors (Lipinski definition) is 2. The van der Waals surface area contributed by atoms with Crippen molar-refractivity contribution in [3.63, 3.8) is 0 Å². The van der Waals surface area contributed by atoms with Crippen LogP contribution in [0.25, 0.3) is 10.9 Å². The van der Waals surface area contributed by atoms with Crippen LogP contribution in [0.5, 0.6) is 0 Å². The van der Waals surface area contributed by atoms with Gasteiger partial charge < -0.3 is 15.5 Å². The second kappa shape index (κ2) is 10.7. The first-order chi connectivity index (χ1) is 15.6. The summed E-state index contributed by atoms with van der Waals surface area (Å²) in [6, 6.07) is 19.0. The molecule has 0 radical (unpaired) electrons. The van der Waals surface area contributed by atoms with Gasteiger partial charge in [-0.05, 0) is 43.4 Å². The average molecular weight is 450 g/mol. The Labute approximate surface area is 194 Å². The molecule has 1 saturated carbocycles. The maximum atomic E-state index is 12.3. The van der Waals surface area contributed by atoms with Crippen molar-refractivity contribution in [2.45, 2.75) is 43.5 Å². The van der Waals surface area contributed by atoms with Gasteiger partial charge in [0.15, 0.2) is 0 Å². The lowest BCUT2D eigenvalue weighted by Gasteiger charge is -2.30. The fourth-order valence-electron chi connectivity index (χ4n) is 4.14. The lowest BCUT2D eigenvalue weighted by atomic mass is 9.91. The molecule has 7 heteroatoms. The first kappa shape index (κ1) is 22.4. The molecule has 0 aliphatic heterocycles. The van der Waals surface area contributed by atoms with Gasteiger partial charge in [-0.2, -0.15) is 4.98 Å². The molecule has 0 atom stereocenters. The topological polar surface area (TPSA) is 70.2 Å². The van der Waals surface area contributed by atoms with E-state index in [0.29, 0.717) is 17.7 Å². The number of benzene rings is 2. The number of para-hydroxylation sites is 1. The molecule has 1 aromatic heterocycles. The minimum Gasteiger partial charge on any atom is -0.362 e. The molecule has 1 heterocycles. The van der Waals surface area contributed by atoms with E-state index in [9.17, 15) is 4.79 Å². The molecule has 2 N–H and O–H groups in total. The van der Waals surface area contributed by atoms with Crippen molar-refractivity contribution in [3.8, 4) is 0 Å². The van der Waals surface area contributed by atoms with Crippen molar-refractivity contribution in [3.05, 3.63) is 60.2 Å². The monoisotopic (exact) mass is 449 g/mol. The van der Waals surface area contributed by atoms with Gasteiger partial charge in [-0.1, -0.05) is 42.5 Å². The molecule has 6 nitrogen and oxygen atoms in total. The van der Waals surface area contributed by atoms with Crippen LogP contribution in [0.4, 0.5) is 11.8 Å². The molecule has 4 rings (SSSR count). The highest BCUT2D eigenvalue weighted by Crippen LogP contribution is 2.26. The normalized spacial score (nSPS) is 18.3. The van der Waals surface area contributed by atoms with Gasteiger partial charge in [0.1, 0.15) is 5.82 Å². The fraction of sp³-hybridized carbons (Fsp3) is 0.400. The summed E-state index contributed by atoms with van der Waals surface area (Å²) in [4.78, 5) is 23.8. The highest BCUT2D eigenvalue weighted by atomic mass is 32.2. The molecule has 32 heavy (non-hydrogen) atoms. The van der Waals surface area contributed by atoms with Crippen LogP contribution in [-0.4, -0.2) is 47.8 Å². The second-order valence-electron chi connectivity index (χ2n) is 8.52. The van der Waals surface area contributed by atoms with Crippen LogP contribution in [0.1, 0.15) is 31.2 Å². The largest absolute Gasteiger partial charge is 0.362 e. The molecule has 1 aliphatic rings. The van der Waals surface area contributed by atoms with Crippen LogP contribution in [0.3, 0.4) is 0 Å². The zero-order valence-corrected chi connectivity index (χ0v) is 19.6. The summed E-state index contributed by atoms with van der Waals surface area (Å²) in [7, 11) is 4.01. The Balaban J connectivity index is 1.25. The molecule has 0 bridgehead atoms. The summed E-state index contributed by atoms with van der Waals surface area (Å²) in [6.45, 7) is 0. The van der Waals surface area contributed by atoms with E-state index in [2.05, 4.69) is 28.8 Å². The Hall–Kier alpha value is -2.80. The van der Waals surface area contributed by atoms with E-state index in [0.717, 1.165) is 48.2 Å². The highest BCUT2D eigenvalue weighted by Gasteiger charge is 2.23. The number of fused-ring (bicyclic) bond motifs is 1. The molecule has 2 aromatic carbocycles. The summed E-state index contributed by atoms with van der Waals surface area (Å²) in [5.74, 6) is 3.11. The summed E-state index contributed by atoms with van der Waals surface area (Å²) < 4.78 is 0. The maximum absolute atomic E-state index is 12.3. The highest BCUT2D eigenvalue weighted by molar-refractivity contribution is 7.99. The zero-order chi connectivity index (χ0) is 22.3. The summed E-state index contributed by atoms with van der Waals surface area (Å²) in [5, 5.41) is 7.80. The Bertz CT molecular complexity index is 1030. The molecule has 0 saturated heterocycles. The number of aromatic nitrogens is 2. The van der Waals surface area contributed by atoms with E-state index in [1.165, 1.54) is 5.56 Å². The third kappa shape index (κ3) is 5.91. The van der Waals surface area contributed by atoms with E-state index < -0.39 is 0 Å². The Morgan fingerprint density at radius 1 is 0.969 bits per heavy atom. The van der Waals surface area contributed by atoms with Crippen molar-refractivity contribution >= 4 is 40.3 Å². The summed E-state index contributed by atoms with van der Waals surface area (Å²) in [6.07, 6.45) is 3.94. The minimum absolute atomic E-state index is 0.135. The Morgan fingerprint density at radius 2 is 1.66 bits per heavy atom. The number of thioether (sulfide) groups is 1. The number of nitrogens with zero attached hydrogens (tertiary/aromatic N) is 3. The van der Waals surface area contributed by atoms with Crippen LogP contribution in [0.15, 0.2) is 54.6 Å². The first-order valence-corrected chi connectivity index (χ1v) is 12.4. The first-order valence-electron chi connectivity index (χ1n) is 11.2. The van der Waals surface area contributed by atoms with Gasteiger partial charge in [-0.15, -0.1) is 11.8 Å². The Morgan fingerprint density at radius 3 is 2.41 bits per heavy atom. The van der Waals surface area contributed by atoms with Gasteiger partial charge in [0, 0.05) is 37.3 Å². The molecule has 3 aromatic rings. The molecular formula is C25H31N5OS. The van der Waals surface area contributed by atoms with Crippen LogP contribution >= 0.6 is 11.8 Å². The maximum Gasteiger partial charge on any atom is 0.230 e. The molecule has 168 valence electrons. The number of nitrogens with one attached hydrogen (secondary N) is 2. The van der Waals surface area contributed by atoms with Gasteiger partial charge in [-0.25, -0.2) is 4.98 Å². The second-order valence-corrected chi connectivity index (χ2v) is 9.51. The predicted octanol–water partition coefficient (Wildman–Crippen LogP) is 4.47. The van der Waals surface area contributed by atoms with Crippen LogP contribution < -0.4 is 15.5 Å². The van der Waals surface area contributed by atoms with Crippen LogP contribution in [0.2, 0.25) is 0 Å². The predicted molar refractivity (Wildman–Crippen MR) is 134 cm³/mol. The fourth-order valence-corrected chi connectivity index (χ4v) is 4.93. The molecule has 1 fully saturated rings. The van der Waals surface area contributed by atoms with Gasteiger partial charge >= 0.3 is 0 Å². The van der Waals surface area contributed by atoms with E-state index >= 15 is 0 Å². The van der Waals surface area contributed by atoms with E-state index in [1.54, 1.807) is 11.8 Å². The van der Waals surface area contributed by atoms with Crippen LogP contribution in [-0.2, 0) is 10.5 Å². The number of anilines is 2. The van der Waals surface area contributed by atoms with Gasteiger partial charge in [0.25, 0.3) is 0 Å². The van der Waals surface area contributed by atoms with Crippen molar-refractivity contribution in [1.29, 1.82) is 0 Å². The smallest absolute Gasteiger partial charge is 0.230 e. The standard InChI is InChI=1S/C25H31N5OS/c1-30(2)24-21-10-6-7-11-22(21)28-25(29-24)27-20-14-12-19(13-15-20)26-23(31)17-32-16-18-8-4-3-5-9-18/h3-11,19-20H,12-17H2,1-2H3,(H,26,31)(H,27,28,29). The third-order valence-electron chi connectivity index (χ3n) is 5.78. The minimum atomic E-state index is 0.135. The molecule has 1 aliphatic carbocycles. The van der Waals surface area contributed by atoms with E-state index in [4.69, 9.17) is 9.97 Å². The van der Waals surface area contributed by atoms with Crippen molar-refractivity contribution in [2.24, 2.45) is 0 Å². The lowest BCUT2D eigenvalue weighted by Crippen LogP contribution is -2.41. The van der Waals surface area contributed by atoms with Gasteiger partial charge in [0.05, 0.1) is 11.3 Å². The molecular weight excluding hydrogens is 418 g/mol. The quantitative estimate of drug-likeness (QED) is 0.529. The SMILES string of the molecule is CN(C)c1nc(NC2CCC(NC(=O)CSCc3ccccc3)CC2)nc2ccccc12. The van der Waals surface area contributed by atoms with E-state index in [1.807, 2.05) is 55.4 Å². The number of carbonyl (C=O) groups excluding carboxylic acids is 1. The number of rotatable bonds is 8. The zero-order valence-electron chi connectivity index (χ0n) is 18.8. The summed E-state index contributed by atoms with van der Waals surface area (Å²) >= 11 is 1.66. The average Bonchev–Trinajstić information content (AvgIpc) is 2.80. The summed E-state index contributed by atoms with van der Waals surface area (Å²) in [5.41, 5.74) is 2.20. The molecule has 1 amide bonds. The number of carbonyl (C=O) groups is 1. The van der Waals surface area contributed by atoms with Crippen LogP contribution in [0, 0.1) is 0 Å². The van der Waals surface area contributed by atoms with E-state index in [-0.39, 0.29) is 11.9 Å². The molecule has 0 spiro atoms. The number of amides is 1.